The van der Waals surface area contributed by atoms with Gasteiger partial charge in [-0.05, 0) is 42.5 Å². The van der Waals surface area contributed by atoms with Crippen molar-refractivity contribution in [1.82, 2.24) is 0 Å². The van der Waals surface area contributed by atoms with Crippen LogP contribution in [0.5, 0.6) is 17.2 Å². The maximum atomic E-state index is 12.8. The van der Waals surface area contributed by atoms with Crippen LogP contribution in [-0.2, 0) is 9.59 Å². The quantitative estimate of drug-likeness (QED) is 0.561. The topological polar surface area (TPSA) is 84.9 Å². The van der Waals surface area contributed by atoms with Gasteiger partial charge in [0.1, 0.15) is 18.0 Å². The zero-order valence-corrected chi connectivity index (χ0v) is 17.5. The van der Waals surface area contributed by atoms with E-state index in [1.807, 2.05) is 36.4 Å². The standard InChI is InChI=1S/C25H22N2O5/c1-2-21(28)17-12-13-23-20(14-17)27(25(30)16-31-23)15-24(29)26-19-10-6-7-11-22(19)32-18-8-4-3-5-9-18/h3-14H,2,15-16H2,1H3,(H,26,29). The first-order chi connectivity index (χ1) is 15.5. The minimum absolute atomic E-state index is 0.0535. The van der Waals surface area contributed by atoms with Crippen LogP contribution in [0.3, 0.4) is 0 Å². The Morgan fingerprint density at radius 2 is 1.78 bits per heavy atom. The molecule has 0 radical (unpaired) electrons. The number of nitrogens with one attached hydrogen (secondary N) is 1. The van der Waals surface area contributed by atoms with Crippen molar-refractivity contribution < 1.29 is 23.9 Å². The lowest BCUT2D eigenvalue weighted by Gasteiger charge is -2.29. The van der Waals surface area contributed by atoms with E-state index in [4.69, 9.17) is 9.47 Å². The molecule has 3 aromatic rings. The van der Waals surface area contributed by atoms with E-state index in [1.165, 1.54) is 4.90 Å². The molecule has 4 rings (SSSR count). The molecule has 0 spiro atoms. The number of amides is 2. The Morgan fingerprint density at radius 1 is 1.03 bits per heavy atom. The number of hydrogen-bond donors (Lipinski definition) is 1. The van der Waals surface area contributed by atoms with Crippen LogP contribution in [0.25, 0.3) is 0 Å². The van der Waals surface area contributed by atoms with Crippen molar-refractivity contribution >= 4 is 29.0 Å². The van der Waals surface area contributed by atoms with E-state index in [9.17, 15) is 14.4 Å². The lowest BCUT2D eigenvalue weighted by molar-refractivity contribution is -0.123. The van der Waals surface area contributed by atoms with Crippen molar-refractivity contribution in [3.05, 3.63) is 78.4 Å². The monoisotopic (exact) mass is 430 g/mol. The number of hydrogen-bond acceptors (Lipinski definition) is 5. The third-order valence-electron chi connectivity index (χ3n) is 4.98. The van der Waals surface area contributed by atoms with E-state index in [0.717, 1.165) is 0 Å². The van der Waals surface area contributed by atoms with Crippen LogP contribution in [-0.4, -0.2) is 30.7 Å². The maximum absolute atomic E-state index is 12.8. The highest BCUT2D eigenvalue weighted by atomic mass is 16.5. The Balaban J connectivity index is 1.53. The molecule has 7 nitrogen and oxygen atoms in total. The van der Waals surface area contributed by atoms with Gasteiger partial charge < -0.3 is 14.8 Å². The molecule has 32 heavy (non-hydrogen) atoms. The van der Waals surface area contributed by atoms with E-state index in [0.29, 0.717) is 40.6 Å². The van der Waals surface area contributed by atoms with Crippen LogP contribution < -0.4 is 19.7 Å². The number of carbonyl (C=O) groups excluding carboxylic acids is 3. The average Bonchev–Trinajstić information content (AvgIpc) is 2.82. The van der Waals surface area contributed by atoms with Gasteiger partial charge in [0.05, 0.1) is 11.4 Å². The van der Waals surface area contributed by atoms with E-state index in [2.05, 4.69) is 5.32 Å². The lowest BCUT2D eigenvalue weighted by Crippen LogP contribution is -2.43. The molecule has 162 valence electrons. The number of ether oxygens (including phenoxy) is 2. The molecule has 1 aliphatic heterocycles. The number of ketones is 1. The van der Waals surface area contributed by atoms with Crippen molar-refractivity contribution in [1.29, 1.82) is 0 Å². The number of rotatable bonds is 7. The normalized spacial score (nSPS) is 12.5. The lowest BCUT2D eigenvalue weighted by atomic mass is 10.1. The summed E-state index contributed by atoms with van der Waals surface area (Å²) in [6.45, 7) is 1.37. The summed E-state index contributed by atoms with van der Waals surface area (Å²) in [6.07, 6.45) is 0.340. The molecule has 0 bridgehead atoms. The fraction of sp³-hybridized carbons (Fsp3) is 0.160. The number of nitrogens with zero attached hydrogens (tertiary/aromatic N) is 1. The molecule has 0 aromatic heterocycles. The van der Waals surface area contributed by atoms with Crippen molar-refractivity contribution in [2.75, 3.05) is 23.4 Å². The zero-order valence-electron chi connectivity index (χ0n) is 17.5. The van der Waals surface area contributed by atoms with Crippen LogP contribution in [0.4, 0.5) is 11.4 Å². The summed E-state index contributed by atoms with van der Waals surface area (Å²) in [6, 6.07) is 21.2. The van der Waals surface area contributed by atoms with Crippen molar-refractivity contribution in [2.45, 2.75) is 13.3 Å². The van der Waals surface area contributed by atoms with Gasteiger partial charge >= 0.3 is 0 Å². The smallest absolute Gasteiger partial charge is 0.265 e. The molecule has 1 aliphatic rings. The minimum atomic E-state index is -0.400. The first-order valence-corrected chi connectivity index (χ1v) is 10.3. The third kappa shape index (κ3) is 4.62. The Kier molecular flexibility index (Phi) is 6.17. The first-order valence-electron chi connectivity index (χ1n) is 10.3. The van der Waals surface area contributed by atoms with Crippen LogP contribution >= 0.6 is 0 Å². The fourth-order valence-electron chi connectivity index (χ4n) is 3.36. The van der Waals surface area contributed by atoms with E-state index < -0.39 is 5.91 Å². The maximum Gasteiger partial charge on any atom is 0.265 e. The van der Waals surface area contributed by atoms with Gasteiger partial charge in [-0.1, -0.05) is 37.3 Å². The number of carbonyl (C=O) groups is 3. The second-order valence-corrected chi connectivity index (χ2v) is 7.19. The van der Waals surface area contributed by atoms with Gasteiger partial charge in [-0.3, -0.25) is 19.3 Å². The molecule has 0 saturated heterocycles. The molecule has 3 aromatic carbocycles. The molecule has 0 unspecified atom stereocenters. The van der Waals surface area contributed by atoms with Gasteiger partial charge in [-0.15, -0.1) is 0 Å². The average molecular weight is 430 g/mol. The first kappa shape index (κ1) is 21.1. The van der Waals surface area contributed by atoms with Crippen LogP contribution in [0, 0.1) is 0 Å². The molecular weight excluding hydrogens is 408 g/mol. The van der Waals surface area contributed by atoms with Gasteiger partial charge in [-0.25, -0.2) is 0 Å². The molecule has 0 atom stereocenters. The predicted molar refractivity (Wildman–Crippen MR) is 120 cm³/mol. The summed E-state index contributed by atoms with van der Waals surface area (Å²) in [5.74, 6) is 0.765. The Morgan fingerprint density at radius 3 is 2.56 bits per heavy atom. The van der Waals surface area contributed by atoms with Gasteiger partial charge in [-0.2, -0.15) is 0 Å². The summed E-state index contributed by atoms with van der Waals surface area (Å²) in [5, 5.41) is 2.81. The summed E-state index contributed by atoms with van der Waals surface area (Å²) in [4.78, 5) is 38.8. The Hall–Kier alpha value is -4.13. The number of Topliss-reactive ketones (excluding diaryl/α,β-unsaturated/α-hetero) is 1. The number of benzene rings is 3. The Labute approximate surface area is 185 Å². The van der Waals surface area contributed by atoms with Crippen molar-refractivity contribution in [2.24, 2.45) is 0 Å². The molecule has 2 amide bonds. The van der Waals surface area contributed by atoms with Gasteiger partial charge in [0.2, 0.25) is 5.91 Å². The minimum Gasteiger partial charge on any atom is -0.482 e. The highest BCUT2D eigenvalue weighted by molar-refractivity contribution is 6.06. The Bertz CT molecular complexity index is 1160. The van der Waals surface area contributed by atoms with Crippen molar-refractivity contribution in [3.63, 3.8) is 0 Å². The molecule has 1 heterocycles. The zero-order chi connectivity index (χ0) is 22.5. The van der Waals surface area contributed by atoms with Crippen LogP contribution in [0.1, 0.15) is 23.7 Å². The number of fused-ring (bicyclic) bond motifs is 1. The van der Waals surface area contributed by atoms with Crippen molar-refractivity contribution in [3.8, 4) is 17.2 Å². The molecule has 7 heteroatoms. The largest absolute Gasteiger partial charge is 0.482 e. The molecular formula is C25H22N2O5. The SMILES string of the molecule is CCC(=O)c1ccc2c(c1)N(CC(=O)Nc1ccccc1Oc1ccccc1)C(=O)CO2. The molecule has 1 N–H and O–H groups in total. The summed E-state index contributed by atoms with van der Waals surface area (Å²) >= 11 is 0. The van der Waals surface area contributed by atoms with Crippen LogP contribution in [0.2, 0.25) is 0 Å². The highest BCUT2D eigenvalue weighted by Gasteiger charge is 2.28. The van der Waals surface area contributed by atoms with E-state index in [-0.39, 0.29) is 24.8 Å². The highest BCUT2D eigenvalue weighted by Crippen LogP contribution is 2.34. The van der Waals surface area contributed by atoms with E-state index in [1.54, 1.807) is 43.3 Å². The van der Waals surface area contributed by atoms with Gasteiger partial charge in [0, 0.05) is 12.0 Å². The van der Waals surface area contributed by atoms with E-state index >= 15 is 0 Å². The third-order valence-corrected chi connectivity index (χ3v) is 4.98. The number of anilines is 2. The second kappa shape index (κ2) is 9.34. The fourth-order valence-corrected chi connectivity index (χ4v) is 3.36. The molecule has 0 fully saturated rings. The van der Waals surface area contributed by atoms with Gasteiger partial charge in [0.15, 0.2) is 18.1 Å². The number of para-hydroxylation sites is 3. The molecule has 0 aliphatic carbocycles. The predicted octanol–water partition coefficient (Wildman–Crippen LogP) is 4.44. The summed E-state index contributed by atoms with van der Waals surface area (Å²) in [5.41, 5.74) is 1.36. The second-order valence-electron chi connectivity index (χ2n) is 7.19. The van der Waals surface area contributed by atoms with Gasteiger partial charge in [0.25, 0.3) is 5.91 Å². The molecule has 0 saturated carbocycles. The summed E-state index contributed by atoms with van der Waals surface area (Å²) in [7, 11) is 0. The van der Waals surface area contributed by atoms with Crippen LogP contribution in [0.15, 0.2) is 72.8 Å². The summed E-state index contributed by atoms with van der Waals surface area (Å²) < 4.78 is 11.3.